The lowest BCUT2D eigenvalue weighted by atomic mass is 10.1. The van der Waals surface area contributed by atoms with Gasteiger partial charge in [0, 0.05) is 0 Å². The van der Waals surface area contributed by atoms with E-state index in [4.69, 9.17) is 9.47 Å². The number of benzene rings is 2. The van der Waals surface area contributed by atoms with Crippen molar-refractivity contribution in [3.63, 3.8) is 0 Å². The highest BCUT2D eigenvalue weighted by Crippen LogP contribution is 2.21. The fourth-order valence-electron chi connectivity index (χ4n) is 2.25. The molecule has 0 aromatic heterocycles. The molecule has 24 heavy (non-hydrogen) atoms. The number of carbonyl (C=O) groups excluding carboxylic acids is 1. The molecule has 0 radical (unpaired) electrons. The molecule has 0 unspecified atom stereocenters. The molecular formula is C19H22FNO3. The van der Waals surface area contributed by atoms with Crippen LogP contribution in [0.4, 0.5) is 4.39 Å². The van der Waals surface area contributed by atoms with Gasteiger partial charge in [-0.2, -0.15) is 0 Å². The third kappa shape index (κ3) is 4.98. The third-order valence-corrected chi connectivity index (χ3v) is 3.67. The normalized spacial score (nSPS) is 11.7. The van der Waals surface area contributed by atoms with E-state index in [0.29, 0.717) is 12.2 Å². The predicted octanol–water partition coefficient (Wildman–Crippen LogP) is 3.79. The highest BCUT2D eigenvalue weighted by Gasteiger charge is 2.12. The maximum atomic E-state index is 13.7. The molecule has 0 heterocycles. The quantitative estimate of drug-likeness (QED) is 0.840. The second-order valence-electron chi connectivity index (χ2n) is 5.59. The molecule has 2 aromatic rings. The summed E-state index contributed by atoms with van der Waals surface area (Å²) in [7, 11) is 1.41. The maximum Gasteiger partial charge on any atom is 0.223 e. The van der Waals surface area contributed by atoms with Crippen LogP contribution in [-0.2, 0) is 4.79 Å². The number of nitrogens with one attached hydrogen (secondary N) is 1. The number of halogens is 1. The molecule has 0 saturated carbocycles. The Bertz CT molecular complexity index is 686. The smallest absolute Gasteiger partial charge is 0.223 e. The molecule has 128 valence electrons. The Labute approximate surface area is 141 Å². The van der Waals surface area contributed by atoms with Crippen LogP contribution in [0, 0.1) is 12.7 Å². The van der Waals surface area contributed by atoms with Gasteiger partial charge in [-0.25, -0.2) is 4.39 Å². The van der Waals surface area contributed by atoms with Gasteiger partial charge in [-0.05, 0) is 43.7 Å². The van der Waals surface area contributed by atoms with Crippen molar-refractivity contribution in [1.82, 2.24) is 5.32 Å². The van der Waals surface area contributed by atoms with E-state index in [9.17, 15) is 9.18 Å². The van der Waals surface area contributed by atoms with E-state index >= 15 is 0 Å². The second-order valence-corrected chi connectivity index (χ2v) is 5.59. The average Bonchev–Trinajstić information content (AvgIpc) is 2.56. The first-order valence-corrected chi connectivity index (χ1v) is 7.82. The van der Waals surface area contributed by atoms with E-state index in [2.05, 4.69) is 5.32 Å². The zero-order chi connectivity index (χ0) is 17.5. The molecule has 1 amide bonds. The minimum atomic E-state index is -0.446. The lowest BCUT2D eigenvalue weighted by Gasteiger charge is -2.15. The second kappa shape index (κ2) is 8.34. The van der Waals surface area contributed by atoms with Gasteiger partial charge in [0.2, 0.25) is 5.91 Å². The van der Waals surface area contributed by atoms with Crippen molar-refractivity contribution in [3.05, 3.63) is 59.4 Å². The fraction of sp³-hybridized carbons (Fsp3) is 0.316. The largest absolute Gasteiger partial charge is 0.494 e. The van der Waals surface area contributed by atoms with Crippen molar-refractivity contribution in [2.75, 3.05) is 13.7 Å². The summed E-state index contributed by atoms with van der Waals surface area (Å²) in [5.74, 6) is 0.326. The summed E-state index contributed by atoms with van der Waals surface area (Å²) < 4.78 is 24.1. The van der Waals surface area contributed by atoms with Crippen LogP contribution >= 0.6 is 0 Å². The molecule has 1 N–H and O–H groups in total. The fourth-order valence-corrected chi connectivity index (χ4v) is 2.25. The summed E-state index contributed by atoms with van der Waals surface area (Å²) in [5, 5.41) is 2.83. The Balaban J connectivity index is 1.81. The van der Waals surface area contributed by atoms with Gasteiger partial charge in [-0.15, -0.1) is 0 Å². The molecule has 2 rings (SSSR count). The molecule has 0 aliphatic rings. The molecule has 0 saturated heterocycles. The third-order valence-electron chi connectivity index (χ3n) is 3.67. The van der Waals surface area contributed by atoms with Crippen LogP contribution in [0.1, 0.15) is 30.5 Å². The predicted molar refractivity (Wildman–Crippen MR) is 90.8 cm³/mol. The van der Waals surface area contributed by atoms with E-state index in [1.54, 1.807) is 19.1 Å². The zero-order valence-electron chi connectivity index (χ0n) is 14.1. The van der Waals surface area contributed by atoms with E-state index in [-0.39, 0.29) is 24.1 Å². The summed E-state index contributed by atoms with van der Waals surface area (Å²) in [6, 6.07) is 12.0. The van der Waals surface area contributed by atoms with Crippen molar-refractivity contribution in [2.45, 2.75) is 26.3 Å². The first kappa shape index (κ1) is 17.8. The topological polar surface area (TPSA) is 47.6 Å². The molecule has 0 bridgehead atoms. The monoisotopic (exact) mass is 331 g/mol. The molecule has 2 aromatic carbocycles. The number of hydrogen-bond acceptors (Lipinski definition) is 3. The number of hydrogen-bond donors (Lipinski definition) is 1. The van der Waals surface area contributed by atoms with Crippen molar-refractivity contribution in [2.24, 2.45) is 0 Å². The van der Waals surface area contributed by atoms with Gasteiger partial charge in [-0.3, -0.25) is 4.79 Å². The van der Waals surface area contributed by atoms with E-state index in [0.717, 1.165) is 11.3 Å². The summed E-state index contributed by atoms with van der Waals surface area (Å²) in [5.41, 5.74) is 1.83. The first-order chi connectivity index (χ1) is 11.5. The molecule has 0 fully saturated rings. The van der Waals surface area contributed by atoms with E-state index < -0.39 is 5.82 Å². The van der Waals surface area contributed by atoms with Crippen LogP contribution in [0.2, 0.25) is 0 Å². The summed E-state index contributed by atoms with van der Waals surface area (Å²) in [4.78, 5) is 12.0. The van der Waals surface area contributed by atoms with Gasteiger partial charge in [0.05, 0.1) is 26.2 Å². The molecular weight excluding hydrogens is 309 g/mol. The van der Waals surface area contributed by atoms with Gasteiger partial charge in [0.25, 0.3) is 0 Å². The number of carbonyl (C=O) groups is 1. The lowest BCUT2D eigenvalue weighted by Crippen LogP contribution is -2.27. The van der Waals surface area contributed by atoms with Gasteiger partial charge in [0.15, 0.2) is 11.6 Å². The van der Waals surface area contributed by atoms with Crippen LogP contribution in [0.5, 0.6) is 11.5 Å². The minimum absolute atomic E-state index is 0.147. The number of rotatable bonds is 7. The SMILES string of the molecule is COc1ccc([C@@H](C)NC(=O)CCOc2ccc(C)cc2)cc1F. The van der Waals surface area contributed by atoms with Crippen molar-refractivity contribution < 1.29 is 18.7 Å². The summed E-state index contributed by atoms with van der Waals surface area (Å²) in [6.45, 7) is 4.10. The number of aryl methyl sites for hydroxylation is 1. The summed E-state index contributed by atoms with van der Waals surface area (Å²) >= 11 is 0. The Hall–Kier alpha value is -2.56. The molecule has 0 aliphatic carbocycles. The first-order valence-electron chi connectivity index (χ1n) is 7.82. The van der Waals surface area contributed by atoms with Crippen LogP contribution < -0.4 is 14.8 Å². The Morgan fingerprint density at radius 3 is 2.54 bits per heavy atom. The lowest BCUT2D eigenvalue weighted by molar-refractivity contribution is -0.122. The maximum absolute atomic E-state index is 13.7. The molecule has 5 heteroatoms. The highest BCUT2D eigenvalue weighted by molar-refractivity contribution is 5.76. The van der Waals surface area contributed by atoms with Gasteiger partial charge in [0.1, 0.15) is 5.75 Å². The Morgan fingerprint density at radius 2 is 1.92 bits per heavy atom. The Morgan fingerprint density at radius 1 is 1.21 bits per heavy atom. The van der Waals surface area contributed by atoms with E-state index in [1.807, 2.05) is 31.2 Å². The standard InChI is InChI=1S/C19H22FNO3/c1-13-4-7-16(8-5-13)24-11-10-19(22)21-14(2)15-6-9-18(23-3)17(20)12-15/h4-9,12,14H,10-11H2,1-3H3,(H,21,22)/t14-/m1/s1. The summed E-state index contributed by atoms with van der Waals surface area (Å²) in [6.07, 6.45) is 0.233. The van der Waals surface area contributed by atoms with Gasteiger partial charge in [-0.1, -0.05) is 23.8 Å². The van der Waals surface area contributed by atoms with Crippen molar-refractivity contribution in [1.29, 1.82) is 0 Å². The van der Waals surface area contributed by atoms with Crippen LogP contribution in [-0.4, -0.2) is 19.6 Å². The Kier molecular flexibility index (Phi) is 6.18. The van der Waals surface area contributed by atoms with Crippen LogP contribution in [0.3, 0.4) is 0 Å². The van der Waals surface area contributed by atoms with E-state index in [1.165, 1.54) is 13.2 Å². The van der Waals surface area contributed by atoms with Gasteiger partial charge >= 0.3 is 0 Å². The van der Waals surface area contributed by atoms with Gasteiger partial charge < -0.3 is 14.8 Å². The highest BCUT2D eigenvalue weighted by atomic mass is 19.1. The van der Waals surface area contributed by atoms with Crippen LogP contribution in [0.15, 0.2) is 42.5 Å². The molecule has 4 nitrogen and oxygen atoms in total. The number of ether oxygens (including phenoxy) is 2. The molecule has 0 aliphatic heterocycles. The minimum Gasteiger partial charge on any atom is -0.494 e. The van der Waals surface area contributed by atoms with Crippen LogP contribution in [0.25, 0.3) is 0 Å². The number of methoxy groups -OCH3 is 1. The van der Waals surface area contributed by atoms with Crippen molar-refractivity contribution >= 4 is 5.91 Å². The zero-order valence-corrected chi connectivity index (χ0v) is 14.1. The molecule has 0 spiro atoms. The van der Waals surface area contributed by atoms with Crippen molar-refractivity contribution in [3.8, 4) is 11.5 Å². The number of amides is 1. The molecule has 1 atom stereocenters. The average molecular weight is 331 g/mol.